The van der Waals surface area contributed by atoms with Gasteiger partial charge < -0.3 is 10.1 Å². The van der Waals surface area contributed by atoms with Crippen molar-refractivity contribution in [3.63, 3.8) is 0 Å². The maximum absolute atomic E-state index is 12.7. The van der Waals surface area contributed by atoms with Crippen molar-refractivity contribution in [2.45, 2.75) is 26.8 Å². The number of fused-ring (bicyclic) bond motifs is 1. The van der Waals surface area contributed by atoms with Crippen LogP contribution in [0.4, 0.5) is 0 Å². The first-order valence-electron chi connectivity index (χ1n) is 8.30. The average Bonchev–Trinajstić information content (AvgIpc) is 3.04. The van der Waals surface area contributed by atoms with E-state index in [4.69, 9.17) is 4.74 Å². The minimum atomic E-state index is -0.516. The third-order valence-electron chi connectivity index (χ3n) is 3.94. The molecule has 1 amide bonds. The Morgan fingerprint density at radius 1 is 1.23 bits per heavy atom. The second-order valence-corrected chi connectivity index (χ2v) is 6.23. The fourth-order valence-electron chi connectivity index (χ4n) is 2.70. The topological polar surface area (TPSA) is 86.1 Å². The Morgan fingerprint density at radius 3 is 2.69 bits per heavy atom. The normalized spacial score (nSPS) is 11.0. The largest absolute Gasteiger partial charge is 0.423 e. The smallest absolute Gasteiger partial charge is 0.344 e. The number of esters is 1. The Kier molecular flexibility index (Phi) is 4.71. The van der Waals surface area contributed by atoms with Crippen LogP contribution in [0.1, 0.15) is 46.3 Å². The van der Waals surface area contributed by atoms with E-state index in [1.54, 1.807) is 42.2 Å². The number of nitrogens with one attached hydrogen (secondary N) is 1. The quantitative estimate of drug-likeness (QED) is 0.576. The standard InChI is InChI=1S/C19H20N4O3/c1-11(2)23-17-16(10-21-23)15(8-12(3)22-17)19(25)26-14-7-5-6-13(9-14)18(24)20-4/h5-11H,1-4H3,(H,20,24). The van der Waals surface area contributed by atoms with Crippen molar-refractivity contribution in [2.75, 3.05) is 7.05 Å². The maximum Gasteiger partial charge on any atom is 0.344 e. The van der Waals surface area contributed by atoms with Gasteiger partial charge in [0.15, 0.2) is 5.65 Å². The Hall–Kier alpha value is -3.22. The first kappa shape index (κ1) is 17.6. The van der Waals surface area contributed by atoms with Crippen LogP contribution in [0.3, 0.4) is 0 Å². The first-order valence-corrected chi connectivity index (χ1v) is 8.30. The van der Waals surface area contributed by atoms with Gasteiger partial charge in [-0.3, -0.25) is 4.79 Å². The molecule has 0 bridgehead atoms. The summed E-state index contributed by atoms with van der Waals surface area (Å²) in [5.74, 6) is -0.462. The van der Waals surface area contributed by atoms with Crippen LogP contribution in [-0.4, -0.2) is 33.7 Å². The van der Waals surface area contributed by atoms with E-state index >= 15 is 0 Å². The highest BCUT2D eigenvalue weighted by molar-refractivity contribution is 6.03. The summed E-state index contributed by atoms with van der Waals surface area (Å²) in [6.45, 7) is 5.82. The predicted molar refractivity (Wildman–Crippen MR) is 97.4 cm³/mol. The van der Waals surface area contributed by atoms with Crippen molar-refractivity contribution in [1.29, 1.82) is 0 Å². The van der Waals surface area contributed by atoms with Crippen molar-refractivity contribution in [3.05, 3.63) is 53.3 Å². The number of rotatable bonds is 4. The lowest BCUT2D eigenvalue weighted by Gasteiger charge is -2.09. The van der Waals surface area contributed by atoms with Crippen LogP contribution in [0, 0.1) is 6.92 Å². The number of hydrogen-bond acceptors (Lipinski definition) is 5. The molecule has 0 radical (unpaired) electrons. The minimum absolute atomic E-state index is 0.120. The monoisotopic (exact) mass is 352 g/mol. The van der Waals surface area contributed by atoms with Gasteiger partial charge in [0.1, 0.15) is 5.75 Å². The second-order valence-electron chi connectivity index (χ2n) is 6.23. The van der Waals surface area contributed by atoms with E-state index in [9.17, 15) is 9.59 Å². The number of aryl methyl sites for hydroxylation is 1. The van der Waals surface area contributed by atoms with Crippen molar-refractivity contribution in [1.82, 2.24) is 20.1 Å². The molecule has 0 unspecified atom stereocenters. The van der Waals surface area contributed by atoms with E-state index in [2.05, 4.69) is 15.4 Å². The van der Waals surface area contributed by atoms with Gasteiger partial charge >= 0.3 is 5.97 Å². The van der Waals surface area contributed by atoms with Gasteiger partial charge in [0.2, 0.25) is 0 Å². The van der Waals surface area contributed by atoms with E-state index < -0.39 is 5.97 Å². The molecule has 0 aliphatic rings. The number of carbonyl (C=O) groups is 2. The third-order valence-corrected chi connectivity index (χ3v) is 3.94. The first-order chi connectivity index (χ1) is 12.4. The minimum Gasteiger partial charge on any atom is -0.423 e. The number of ether oxygens (including phenoxy) is 1. The molecular weight excluding hydrogens is 332 g/mol. The SMILES string of the molecule is CNC(=O)c1cccc(OC(=O)c2cc(C)nc3c2cnn3C(C)C)c1. The van der Waals surface area contributed by atoms with E-state index in [0.717, 1.165) is 0 Å². The number of hydrogen-bond donors (Lipinski definition) is 1. The van der Waals surface area contributed by atoms with Crippen LogP contribution in [0.2, 0.25) is 0 Å². The summed E-state index contributed by atoms with van der Waals surface area (Å²) in [4.78, 5) is 29.0. The zero-order valence-electron chi connectivity index (χ0n) is 15.1. The Balaban J connectivity index is 1.97. The summed E-state index contributed by atoms with van der Waals surface area (Å²) in [5.41, 5.74) is 2.16. The van der Waals surface area contributed by atoms with Crippen molar-refractivity contribution in [3.8, 4) is 5.75 Å². The molecule has 26 heavy (non-hydrogen) atoms. The summed E-state index contributed by atoms with van der Waals surface area (Å²) < 4.78 is 7.25. The fourth-order valence-corrected chi connectivity index (χ4v) is 2.70. The molecular formula is C19H20N4O3. The van der Waals surface area contributed by atoms with E-state index in [0.29, 0.717) is 33.6 Å². The summed E-state index contributed by atoms with van der Waals surface area (Å²) in [7, 11) is 1.55. The van der Waals surface area contributed by atoms with Gasteiger partial charge in [0.05, 0.1) is 17.1 Å². The van der Waals surface area contributed by atoms with Crippen LogP contribution < -0.4 is 10.1 Å². The van der Waals surface area contributed by atoms with Gasteiger partial charge in [0.25, 0.3) is 5.91 Å². The van der Waals surface area contributed by atoms with Crippen molar-refractivity contribution < 1.29 is 14.3 Å². The lowest BCUT2D eigenvalue weighted by Crippen LogP contribution is -2.18. The lowest BCUT2D eigenvalue weighted by molar-refractivity contribution is 0.0735. The van der Waals surface area contributed by atoms with Crippen LogP contribution in [0.5, 0.6) is 5.75 Å². The van der Waals surface area contributed by atoms with Crippen LogP contribution >= 0.6 is 0 Å². The van der Waals surface area contributed by atoms with Crippen LogP contribution in [0.15, 0.2) is 36.5 Å². The van der Waals surface area contributed by atoms with Crippen LogP contribution in [-0.2, 0) is 0 Å². The Bertz CT molecular complexity index is 992. The summed E-state index contributed by atoms with van der Waals surface area (Å²) in [6.07, 6.45) is 1.62. The number of nitrogens with zero attached hydrogens (tertiary/aromatic N) is 3. The molecule has 3 aromatic rings. The molecule has 0 saturated carbocycles. The molecule has 3 rings (SSSR count). The average molecular weight is 352 g/mol. The highest BCUT2D eigenvalue weighted by Gasteiger charge is 2.19. The van der Waals surface area contributed by atoms with Crippen molar-refractivity contribution in [2.24, 2.45) is 0 Å². The predicted octanol–water partition coefficient (Wildman–Crippen LogP) is 2.90. The molecule has 0 saturated heterocycles. The highest BCUT2D eigenvalue weighted by atomic mass is 16.5. The van der Waals surface area contributed by atoms with Crippen LogP contribution in [0.25, 0.3) is 11.0 Å². The van der Waals surface area contributed by atoms with E-state index in [1.807, 2.05) is 20.8 Å². The Morgan fingerprint density at radius 2 is 2.00 bits per heavy atom. The number of amides is 1. The number of benzene rings is 1. The van der Waals surface area contributed by atoms with Gasteiger partial charge in [-0.2, -0.15) is 5.10 Å². The molecule has 7 nitrogen and oxygen atoms in total. The van der Waals surface area contributed by atoms with E-state index in [1.165, 1.54) is 6.07 Å². The zero-order chi connectivity index (χ0) is 18.8. The van der Waals surface area contributed by atoms with Gasteiger partial charge in [-0.05, 0) is 45.0 Å². The molecule has 1 aromatic carbocycles. The lowest BCUT2D eigenvalue weighted by atomic mass is 10.1. The molecule has 0 spiro atoms. The molecule has 1 N–H and O–H groups in total. The van der Waals surface area contributed by atoms with Gasteiger partial charge in [-0.25, -0.2) is 14.5 Å². The highest BCUT2D eigenvalue weighted by Crippen LogP contribution is 2.23. The molecule has 0 atom stereocenters. The zero-order valence-corrected chi connectivity index (χ0v) is 15.1. The van der Waals surface area contributed by atoms with E-state index in [-0.39, 0.29) is 11.9 Å². The Labute approximate surface area is 151 Å². The summed E-state index contributed by atoms with van der Waals surface area (Å²) >= 11 is 0. The molecule has 2 heterocycles. The molecule has 134 valence electrons. The van der Waals surface area contributed by atoms with Gasteiger partial charge in [0, 0.05) is 24.3 Å². The second kappa shape index (κ2) is 6.95. The van der Waals surface area contributed by atoms with Gasteiger partial charge in [-0.15, -0.1) is 0 Å². The molecule has 2 aromatic heterocycles. The molecule has 7 heteroatoms. The van der Waals surface area contributed by atoms with Gasteiger partial charge in [-0.1, -0.05) is 6.07 Å². The number of carbonyl (C=O) groups excluding carboxylic acids is 2. The molecule has 0 fully saturated rings. The van der Waals surface area contributed by atoms with Crippen molar-refractivity contribution >= 4 is 22.9 Å². The summed E-state index contributed by atoms with van der Waals surface area (Å²) in [6, 6.07) is 8.27. The fraction of sp³-hybridized carbons (Fsp3) is 0.263. The maximum atomic E-state index is 12.7. The number of pyridine rings is 1. The number of aromatic nitrogens is 3. The third kappa shape index (κ3) is 3.28. The molecule has 0 aliphatic carbocycles. The summed E-state index contributed by atoms with van der Waals surface area (Å²) in [5, 5.41) is 7.50. The molecule has 0 aliphatic heterocycles.